The lowest BCUT2D eigenvalue weighted by Crippen LogP contribution is -2.27. The molecular weight excluding hydrogens is 196 g/mol. The first-order valence-electron chi connectivity index (χ1n) is 6.78. The summed E-state index contributed by atoms with van der Waals surface area (Å²) in [4.78, 5) is 0. The van der Waals surface area contributed by atoms with Crippen LogP contribution in [0, 0.1) is 35.0 Å². The Morgan fingerprint density at radius 3 is 2.69 bits per heavy atom. The van der Waals surface area contributed by atoms with Crippen LogP contribution in [-0.2, 0) is 0 Å². The normalized spacial score (nSPS) is 53.7. The molecule has 0 aromatic rings. The van der Waals surface area contributed by atoms with Crippen molar-refractivity contribution in [2.45, 2.75) is 46.6 Å². The van der Waals surface area contributed by atoms with E-state index >= 15 is 0 Å². The maximum absolute atomic E-state index is 10.1. The van der Waals surface area contributed by atoms with Gasteiger partial charge in [-0.2, -0.15) is 0 Å². The smallest absolute Gasteiger partial charge is 0.0757 e. The summed E-state index contributed by atoms with van der Waals surface area (Å²) < 4.78 is 0. The highest BCUT2D eigenvalue weighted by Gasteiger charge is 2.59. The van der Waals surface area contributed by atoms with E-state index in [-0.39, 0.29) is 6.10 Å². The molecule has 0 amide bonds. The van der Waals surface area contributed by atoms with Crippen LogP contribution < -0.4 is 0 Å². The molecule has 0 heterocycles. The van der Waals surface area contributed by atoms with Gasteiger partial charge in [0.05, 0.1) is 6.10 Å². The Morgan fingerprint density at radius 1 is 1.31 bits per heavy atom. The van der Waals surface area contributed by atoms with Gasteiger partial charge in [-0.25, -0.2) is 0 Å². The van der Waals surface area contributed by atoms with Crippen LogP contribution in [-0.4, -0.2) is 11.2 Å². The van der Waals surface area contributed by atoms with Crippen LogP contribution >= 0.6 is 0 Å². The lowest BCUT2D eigenvalue weighted by atomic mass is 9.72. The van der Waals surface area contributed by atoms with E-state index in [1.54, 1.807) is 0 Å². The molecule has 0 aromatic heterocycles. The third kappa shape index (κ3) is 1.21. The first-order chi connectivity index (χ1) is 7.42. The van der Waals surface area contributed by atoms with Gasteiger partial charge in [0.15, 0.2) is 0 Å². The molecule has 3 aliphatic carbocycles. The molecule has 2 fully saturated rings. The molecule has 0 aromatic carbocycles. The maximum atomic E-state index is 10.1. The number of allylic oxidation sites excluding steroid dienone is 1. The monoisotopic (exact) mass is 220 g/mol. The topological polar surface area (TPSA) is 20.2 Å². The molecule has 0 spiro atoms. The Hall–Kier alpha value is -0.300. The molecule has 0 unspecified atom stereocenters. The van der Waals surface area contributed by atoms with Crippen molar-refractivity contribution in [3.8, 4) is 0 Å². The minimum absolute atomic E-state index is 0.154. The first-order valence-corrected chi connectivity index (χ1v) is 6.78. The standard InChI is InChI=1S/C15H24O/c1-8-5-12(16)11-6-10-9(2)7-15(3,4)14(10)13(8)11/h5,9-14,16H,6-7H2,1-4H3/t9-,10+,11+,12-,13-,14-/m1/s1. The van der Waals surface area contributed by atoms with Crippen molar-refractivity contribution in [3.63, 3.8) is 0 Å². The fraction of sp³-hybridized carbons (Fsp3) is 0.867. The van der Waals surface area contributed by atoms with Crippen LogP contribution in [0.3, 0.4) is 0 Å². The lowest BCUT2D eigenvalue weighted by Gasteiger charge is -2.32. The zero-order valence-corrected chi connectivity index (χ0v) is 10.9. The summed E-state index contributed by atoms with van der Waals surface area (Å²) in [5.41, 5.74) is 1.94. The van der Waals surface area contributed by atoms with E-state index in [1.165, 1.54) is 18.4 Å². The van der Waals surface area contributed by atoms with Crippen LogP contribution in [0.2, 0.25) is 0 Å². The molecule has 3 rings (SSSR count). The highest BCUT2D eigenvalue weighted by atomic mass is 16.3. The van der Waals surface area contributed by atoms with E-state index in [9.17, 15) is 5.11 Å². The summed E-state index contributed by atoms with van der Waals surface area (Å²) in [6.07, 6.45) is 4.59. The van der Waals surface area contributed by atoms with Crippen LogP contribution in [0.15, 0.2) is 11.6 Å². The summed E-state index contributed by atoms with van der Waals surface area (Å²) in [6, 6.07) is 0. The number of rotatable bonds is 0. The van der Waals surface area contributed by atoms with E-state index < -0.39 is 0 Å². The van der Waals surface area contributed by atoms with Gasteiger partial charge >= 0.3 is 0 Å². The largest absolute Gasteiger partial charge is 0.389 e. The molecule has 3 aliphatic rings. The summed E-state index contributed by atoms with van der Waals surface area (Å²) in [6.45, 7) is 9.53. The number of hydrogen-bond acceptors (Lipinski definition) is 1. The average molecular weight is 220 g/mol. The zero-order valence-electron chi connectivity index (χ0n) is 10.9. The summed E-state index contributed by atoms with van der Waals surface area (Å²) >= 11 is 0. The van der Waals surface area contributed by atoms with Crippen molar-refractivity contribution in [1.82, 2.24) is 0 Å². The highest BCUT2D eigenvalue weighted by molar-refractivity contribution is 5.25. The van der Waals surface area contributed by atoms with Crippen LogP contribution in [0.4, 0.5) is 0 Å². The van der Waals surface area contributed by atoms with Crippen molar-refractivity contribution in [1.29, 1.82) is 0 Å². The Bertz CT molecular complexity index is 341. The predicted molar refractivity (Wildman–Crippen MR) is 65.9 cm³/mol. The first kappa shape index (κ1) is 10.8. The minimum atomic E-state index is -0.154. The van der Waals surface area contributed by atoms with Crippen molar-refractivity contribution < 1.29 is 5.11 Å². The van der Waals surface area contributed by atoms with Gasteiger partial charge in [-0.3, -0.25) is 0 Å². The van der Waals surface area contributed by atoms with Crippen LogP contribution in [0.5, 0.6) is 0 Å². The Kier molecular flexibility index (Phi) is 2.12. The van der Waals surface area contributed by atoms with E-state index in [1.807, 2.05) is 0 Å². The molecule has 1 nitrogen and oxygen atoms in total. The van der Waals surface area contributed by atoms with Crippen molar-refractivity contribution in [3.05, 3.63) is 11.6 Å². The highest BCUT2D eigenvalue weighted by Crippen LogP contribution is 2.64. The summed E-state index contributed by atoms with van der Waals surface area (Å²) in [5.74, 6) is 3.76. The molecule has 0 bridgehead atoms. The molecular formula is C15H24O. The van der Waals surface area contributed by atoms with E-state index in [4.69, 9.17) is 0 Å². The van der Waals surface area contributed by atoms with Gasteiger partial charge in [0.1, 0.15) is 0 Å². The number of aliphatic hydroxyl groups excluding tert-OH is 1. The number of hydrogen-bond donors (Lipinski definition) is 1. The van der Waals surface area contributed by atoms with E-state index in [2.05, 4.69) is 33.8 Å². The number of aliphatic hydroxyl groups is 1. The van der Waals surface area contributed by atoms with Crippen LogP contribution in [0.1, 0.15) is 40.5 Å². The fourth-order valence-electron chi connectivity index (χ4n) is 5.39. The van der Waals surface area contributed by atoms with Crippen molar-refractivity contribution in [2.75, 3.05) is 0 Å². The van der Waals surface area contributed by atoms with Gasteiger partial charge in [0.2, 0.25) is 0 Å². The SMILES string of the molecule is CC1=C[C@@H](O)[C@@H]2C[C@@H]3[C@H]([C@H]12)C(C)(C)C[C@H]3C. The molecule has 0 radical (unpaired) electrons. The Morgan fingerprint density at radius 2 is 2.00 bits per heavy atom. The second-order valence-corrected chi connectivity index (χ2v) is 7.19. The maximum Gasteiger partial charge on any atom is 0.0757 e. The quantitative estimate of drug-likeness (QED) is 0.621. The lowest BCUT2D eigenvalue weighted by molar-refractivity contribution is 0.125. The van der Waals surface area contributed by atoms with Gasteiger partial charge in [-0.15, -0.1) is 0 Å². The van der Waals surface area contributed by atoms with Crippen molar-refractivity contribution >= 4 is 0 Å². The molecule has 0 saturated heterocycles. The minimum Gasteiger partial charge on any atom is -0.389 e. The summed E-state index contributed by atoms with van der Waals surface area (Å²) in [5, 5.41) is 10.1. The van der Waals surface area contributed by atoms with Gasteiger partial charge < -0.3 is 5.11 Å². The van der Waals surface area contributed by atoms with Gasteiger partial charge in [-0.1, -0.05) is 32.4 Å². The fourth-order valence-corrected chi connectivity index (χ4v) is 5.39. The second-order valence-electron chi connectivity index (χ2n) is 7.19. The zero-order chi connectivity index (χ0) is 11.7. The molecule has 1 heteroatoms. The second kappa shape index (κ2) is 3.13. The van der Waals surface area contributed by atoms with E-state index in [0.717, 1.165) is 17.8 Å². The van der Waals surface area contributed by atoms with E-state index in [0.29, 0.717) is 17.3 Å². The average Bonchev–Trinajstić information content (AvgIpc) is 2.71. The molecule has 6 atom stereocenters. The van der Waals surface area contributed by atoms with Crippen LogP contribution in [0.25, 0.3) is 0 Å². The van der Waals surface area contributed by atoms with Gasteiger partial charge in [-0.05, 0) is 54.8 Å². The molecule has 2 saturated carbocycles. The molecule has 90 valence electrons. The van der Waals surface area contributed by atoms with Crippen molar-refractivity contribution in [2.24, 2.45) is 35.0 Å². The summed E-state index contributed by atoms with van der Waals surface area (Å²) in [7, 11) is 0. The third-order valence-electron chi connectivity index (χ3n) is 5.73. The molecule has 16 heavy (non-hydrogen) atoms. The molecule has 0 aliphatic heterocycles. The Balaban J connectivity index is 1.98. The van der Waals surface area contributed by atoms with Gasteiger partial charge in [0, 0.05) is 0 Å². The molecule has 1 N–H and O–H groups in total. The third-order valence-corrected chi connectivity index (χ3v) is 5.73. The van der Waals surface area contributed by atoms with Gasteiger partial charge in [0.25, 0.3) is 0 Å². The predicted octanol–water partition coefficient (Wildman–Crippen LogP) is 3.24. The Labute approximate surface area is 98.9 Å². The number of fused-ring (bicyclic) bond motifs is 3.